The second kappa shape index (κ2) is 12.3. The van der Waals surface area contributed by atoms with Crippen LogP contribution in [0.5, 0.6) is 0 Å². The Morgan fingerprint density at radius 1 is 1.07 bits per heavy atom. The van der Waals surface area contributed by atoms with Crippen molar-refractivity contribution in [1.29, 1.82) is 0 Å². The van der Waals surface area contributed by atoms with Crippen LogP contribution < -0.4 is 21.3 Å². The number of nitrogens with zero attached hydrogens (tertiary/aromatic N) is 5. The minimum atomic E-state index is -0.696. The molecule has 1 unspecified atom stereocenters. The number of fused-ring (bicyclic) bond motifs is 2. The standard InChI is InChI=1S/C30H44ClFN8O/c31-25-19-35-28-26(27(33)37-40(28)30(25)12-6-4-2-1-3-5-7-13-30)29(41)36-23-18-34-14-8-24(23)38-16-10-22(11-17-38)39-15-9-21(32)20-39/h8,14,18,21-22,25,35H,1-7,9-13,15-17,19-20H2,(H2,33,37)(H,36,41)/t21-,25?/m0/s1. The number of hydrogen-bond acceptors (Lipinski definition) is 7. The number of hydrogen-bond donors (Lipinski definition) is 3. The summed E-state index contributed by atoms with van der Waals surface area (Å²) in [6.07, 6.45) is 15.6. The normalized spacial score (nSPS) is 26.0. The van der Waals surface area contributed by atoms with Gasteiger partial charge in [0.15, 0.2) is 5.82 Å². The number of piperidine rings is 1. The molecule has 0 aromatic carbocycles. The summed E-state index contributed by atoms with van der Waals surface area (Å²) in [4.78, 5) is 22.7. The average Bonchev–Trinajstić information content (AvgIpc) is 3.57. The molecule has 2 aromatic rings. The van der Waals surface area contributed by atoms with E-state index >= 15 is 0 Å². The monoisotopic (exact) mass is 586 g/mol. The number of amides is 1. The van der Waals surface area contributed by atoms with E-state index in [-0.39, 0.29) is 22.6 Å². The first-order valence-corrected chi connectivity index (χ1v) is 16.1. The van der Waals surface area contributed by atoms with Gasteiger partial charge in [-0.05, 0) is 38.2 Å². The fraction of sp³-hybridized carbons (Fsp3) is 0.700. The molecule has 2 saturated heterocycles. The number of rotatable bonds is 4. The smallest absolute Gasteiger partial charge is 0.263 e. The Balaban J connectivity index is 1.21. The van der Waals surface area contributed by atoms with Crippen molar-refractivity contribution < 1.29 is 9.18 Å². The van der Waals surface area contributed by atoms with Gasteiger partial charge in [0.1, 0.15) is 17.6 Å². The van der Waals surface area contributed by atoms with E-state index in [9.17, 15) is 9.18 Å². The van der Waals surface area contributed by atoms with Crippen LogP contribution in [0.3, 0.4) is 0 Å². The van der Waals surface area contributed by atoms with Crippen LogP contribution in [-0.2, 0) is 5.54 Å². The van der Waals surface area contributed by atoms with Gasteiger partial charge in [-0.1, -0.05) is 44.9 Å². The van der Waals surface area contributed by atoms with Gasteiger partial charge in [0, 0.05) is 45.0 Å². The molecule has 9 nitrogen and oxygen atoms in total. The van der Waals surface area contributed by atoms with Gasteiger partial charge in [-0.2, -0.15) is 5.10 Å². The first kappa shape index (κ1) is 28.5. The Morgan fingerprint density at radius 2 is 1.78 bits per heavy atom. The van der Waals surface area contributed by atoms with Crippen LogP contribution in [-0.4, -0.2) is 75.9 Å². The molecule has 1 amide bonds. The van der Waals surface area contributed by atoms with Crippen molar-refractivity contribution >= 4 is 40.5 Å². The van der Waals surface area contributed by atoms with Gasteiger partial charge < -0.3 is 21.3 Å². The number of aromatic nitrogens is 3. The molecular weight excluding hydrogens is 543 g/mol. The van der Waals surface area contributed by atoms with Crippen molar-refractivity contribution in [3.05, 3.63) is 24.0 Å². The van der Waals surface area contributed by atoms with E-state index in [0.29, 0.717) is 42.6 Å². The zero-order valence-electron chi connectivity index (χ0n) is 24.0. The van der Waals surface area contributed by atoms with E-state index in [0.717, 1.165) is 63.8 Å². The SMILES string of the molecule is Nc1nn2c(c1C(=O)Nc1cnccc1N1CCC(N3CC[C@H](F)C3)CC1)NCC(Cl)C21CCCCCCCCC1. The first-order valence-electron chi connectivity index (χ1n) is 15.6. The summed E-state index contributed by atoms with van der Waals surface area (Å²) in [7, 11) is 0. The molecule has 5 heterocycles. The summed E-state index contributed by atoms with van der Waals surface area (Å²) in [5, 5.41) is 11.1. The molecule has 2 atom stereocenters. The predicted octanol–water partition coefficient (Wildman–Crippen LogP) is 5.38. The third-order valence-electron chi connectivity index (χ3n) is 9.84. The lowest BCUT2D eigenvalue weighted by molar-refractivity contribution is 0.102. The van der Waals surface area contributed by atoms with Crippen molar-refractivity contribution in [3.8, 4) is 0 Å². The number of alkyl halides is 2. The van der Waals surface area contributed by atoms with E-state index in [1.807, 2.05) is 10.7 Å². The van der Waals surface area contributed by atoms with E-state index in [4.69, 9.17) is 22.4 Å². The molecule has 41 heavy (non-hydrogen) atoms. The topological polar surface area (TPSA) is 104 Å². The predicted molar refractivity (Wildman–Crippen MR) is 163 cm³/mol. The van der Waals surface area contributed by atoms with Gasteiger partial charge in [0.2, 0.25) is 0 Å². The van der Waals surface area contributed by atoms with E-state index in [1.54, 1.807) is 12.4 Å². The van der Waals surface area contributed by atoms with Gasteiger partial charge in [-0.3, -0.25) is 14.7 Å². The van der Waals surface area contributed by atoms with Crippen LogP contribution in [0.2, 0.25) is 0 Å². The number of likely N-dealkylation sites (tertiary alicyclic amines) is 1. The van der Waals surface area contributed by atoms with Gasteiger partial charge in [0.25, 0.3) is 5.91 Å². The highest BCUT2D eigenvalue weighted by atomic mass is 35.5. The largest absolute Gasteiger partial charge is 0.381 e. The Kier molecular flexibility index (Phi) is 8.58. The van der Waals surface area contributed by atoms with Gasteiger partial charge in [-0.15, -0.1) is 11.6 Å². The maximum absolute atomic E-state index is 13.8. The van der Waals surface area contributed by atoms with Crippen molar-refractivity contribution in [3.63, 3.8) is 0 Å². The molecule has 6 rings (SSSR count). The van der Waals surface area contributed by atoms with Crippen LogP contribution >= 0.6 is 11.6 Å². The minimum absolute atomic E-state index is 0.131. The number of nitrogens with one attached hydrogen (secondary N) is 2. The molecule has 224 valence electrons. The Morgan fingerprint density at radius 3 is 2.46 bits per heavy atom. The molecule has 11 heteroatoms. The number of nitrogen functional groups attached to an aromatic ring is 1. The lowest BCUT2D eigenvalue weighted by atomic mass is 9.81. The Labute approximate surface area is 247 Å². The number of pyridine rings is 1. The second-order valence-corrected chi connectivity index (χ2v) is 12.9. The fourth-order valence-corrected chi connectivity index (χ4v) is 7.93. The highest BCUT2D eigenvalue weighted by Crippen LogP contribution is 2.44. The first-order chi connectivity index (χ1) is 20.0. The van der Waals surface area contributed by atoms with Crippen molar-refractivity contribution in [2.24, 2.45) is 0 Å². The third-order valence-corrected chi connectivity index (χ3v) is 10.4. The molecule has 1 aliphatic carbocycles. The molecule has 0 radical (unpaired) electrons. The number of carbonyl (C=O) groups is 1. The molecule has 3 aliphatic heterocycles. The molecule has 4 N–H and O–H groups in total. The highest BCUT2D eigenvalue weighted by molar-refractivity contribution is 6.22. The highest BCUT2D eigenvalue weighted by Gasteiger charge is 2.46. The van der Waals surface area contributed by atoms with Gasteiger partial charge in [-0.25, -0.2) is 9.07 Å². The van der Waals surface area contributed by atoms with Crippen LogP contribution in [0, 0.1) is 0 Å². The third kappa shape index (κ3) is 5.74. The zero-order valence-corrected chi connectivity index (χ0v) is 24.7. The van der Waals surface area contributed by atoms with E-state index in [1.165, 1.54) is 32.1 Å². The maximum atomic E-state index is 13.8. The lowest BCUT2D eigenvalue weighted by Crippen LogP contribution is -2.50. The molecule has 4 aliphatic rings. The second-order valence-electron chi connectivity index (χ2n) is 12.4. The summed E-state index contributed by atoms with van der Waals surface area (Å²) in [6, 6.07) is 2.36. The lowest BCUT2D eigenvalue weighted by Gasteiger charge is -2.43. The Hall–Kier alpha value is -2.59. The quantitative estimate of drug-likeness (QED) is 0.413. The van der Waals surface area contributed by atoms with Crippen LogP contribution in [0.4, 0.5) is 27.4 Å². The van der Waals surface area contributed by atoms with Crippen molar-refractivity contribution in [2.45, 2.75) is 100 Å². The van der Waals surface area contributed by atoms with Gasteiger partial charge in [0.05, 0.1) is 28.5 Å². The summed E-state index contributed by atoms with van der Waals surface area (Å²) in [5.74, 6) is 0.585. The number of carbonyl (C=O) groups excluding carboxylic acids is 1. The molecule has 3 fully saturated rings. The van der Waals surface area contributed by atoms with Crippen LogP contribution in [0.25, 0.3) is 0 Å². The van der Waals surface area contributed by atoms with Crippen LogP contribution in [0.15, 0.2) is 18.5 Å². The molecule has 1 spiro atoms. The number of nitrogens with two attached hydrogens (primary N) is 1. The van der Waals surface area contributed by atoms with Gasteiger partial charge >= 0.3 is 0 Å². The molecule has 1 saturated carbocycles. The average molecular weight is 587 g/mol. The van der Waals surface area contributed by atoms with E-state index < -0.39 is 6.17 Å². The fourth-order valence-electron chi connectivity index (χ4n) is 7.54. The molecule has 0 bridgehead atoms. The Bertz CT molecular complexity index is 1210. The molecular formula is C30H44ClFN8O. The van der Waals surface area contributed by atoms with E-state index in [2.05, 4.69) is 25.4 Å². The zero-order chi connectivity index (χ0) is 28.4. The molecule has 2 aromatic heterocycles. The summed E-state index contributed by atoms with van der Waals surface area (Å²) < 4.78 is 15.7. The van der Waals surface area contributed by atoms with Crippen molar-refractivity contribution in [2.75, 3.05) is 54.0 Å². The number of anilines is 4. The maximum Gasteiger partial charge on any atom is 0.263 e. The van der Waals surface area contributed by atoms with Crippen molar-refractivity contribution in [1.82, 2.24) is 19.7 Å². The summed E-state index contributed by atoms with van der Waals surface area (Å²) in [5.41, 5.74) is 8.08. The summed E-state index contributed by atoms with van der Waals surface area (Å²) >= 11 is 7.04. The number of halogens is 2. The minimum Gasteiger partial charge on any atom is -0.381 e. The summed E-state index contributed by atoms with van der Waals surface area (Å²) in [6.45, 7) is 3.66. The van der Waals surface area contributed by atoms with Crippen LogP contribution in [0.1, 0.15) is 87.4 Å².